The zero-order valence-electron chi connectivity index (χ0n) is 15.3. The summed E-state index contributed by atoms with van der Waals surface area (Å²) in [4.78, 5) is 18.6. The third-order valence-electron chi connectivity index (χ3n) is 4.28. The molecule has 1 aliphatic carbocycles. The molecule has 0 radical (unpaired) electrons. The molecule has 0 saturated heterocycles. The molecule has 2 rings (SSSR count). The van der Waals surface area contributed by atoms with E-state index in [9.17, 15) is 4.79 Å². The first-order chi connectivity index (χ1) is 11.6. The van der Waals surface area contributed by atoms with Crippen molar-refractivity contribution < 1.29 is 4.79 Å². The first kappa shape index (κ1) is 21.7. The summed E-state index contributed by atoms with van der Waals surface area (Å²) in [6, 6.07) is 10.5. The Hall–Kier alpha value is -1.31. The molecule has 1 fully saturated rings. The monoisotopic (exact) mass is 458 g/mol. The minimum Gasteiger partial charge on any atom is -0.356 e. The fraction of sp³-hybridized carbons (Fsp3) is 0.579. The van der Waals surface area contributed by atoms with E-state index < -0.39 is 0 Å². The normalized spacial score (nSPS) is 15.2. The number of benzene rings is 1. The topological polar surface area (TPSA) is 56.7 Å². The highest BCUT2D eigenvalue weighted by Crippen LogP contribution is 2.17. The van der Waals surface area contributed by atoms with Crippen LogP contribution in [0.5, 0.6) is 0 Å². The molecule has 0 bridgehead atoms. The number of hydrogen-bond acceptors (Lipinski definition) is 2. The van der Waals surface area contributed by atoms with Gasteiger partial charge in [-0.25, -0.2) is 4.99 Å². The van der Waals surface area contributed by atoms with Crippen molar-refractivity contribution in [2.45, 2.75) is 51.1 Å². The van der Waals surface area contributed by atoms with Gasteiger partial charge in [0.25, 0.3) is 0 Å². The summed E-state index contributed by atoms with van der Waals surface area (Å²) in [7, 11) is 3.91. The van der Waals surface area contributed by atoms with Gasteiger partial charge in [-0.1, -0.05) is 49.6 Å². The number of carbonyl (C=O) groups is 1. The molecular weight excluding hydrogens is 427 g/mol. The van der Waals surface area contributed by atoms with Gasteiger partial charge in [0.05, 0.1) is 6.54 Å². The van der Waals surface area contributed by atoms with Crippen LogP contribution >= 0.6 is 24.0 Å². The van der Waals surface area contributed by atoms with Crippen molar-refractivity contribution in [1.29, 1.82) is 0 Å². The number of nitrogens with one attached hydrogen (secondary N) is 2. The van der Waals surface area contributed by atoms with Gasteiger partial charge in [0.15, 0.2) is 5.96 Å². The van der Waals surface area contributed by atoms with Crippen LogP contribution in [0.4, 0.5) is 0 Å². The Morgan fingerprint density at radius 1 is 1.16 bits per heavy atom. The number of guanidine groups is 1. The van der Waals surface area contributed by atoms with Gasteiger partial charge >= 0.3 is 0 Å². The molecular formula is C19H31IN4O. The van der Waals surface area contributed by atoms with E-state index in [0.717, 1.165) is 18.8 Å². The Morgan fingerprint density at radius 2 is 1.84 bits per heavy atom. The lowest BCUT2D eigenvalue weighted by Crippen LogP contribution is -2.40. The first-order valence-corrected chi connectivity index (χ1v) is 8.94. The molecule has 0 aromatic heterocycles. The number of halogens is 1. The summed E-state index contributed by atoms with van der Waals surface area (Å²) in [5.41, 5.74) is 1.17. The van der Waals surface area contributed by atoms with Crippen molar-refractivity contribution in [2.75, 3.05) is 20.6 Å². The van der Waals surface area contributed by atoms with Gasteiger partial charge in [-0.2, -0.15) is 0 Å². The minimum atomic E-state index is 0. The summed E-state index contributed by atoms with van der Waals surface area (Å²) < 4.78 is 0. The number of aliphatic imine (C=N–C) groups is 1. The van der Waals surface area contributed by atoms with Crippen molar-refractivity contribution in [2.24, 2.45) is 4.99 Å². The molecule has 0 heterocycles. The van der Waals surface area contributed by atoms with E-state index in [-0.39, 0.29) is 29.9 Å². The maximum atomic E-state index is 12.0. The third-order valence-corrected chi connectivity index (χ3v) is 4.28. The average Bonchev–Trinajstić information content (AvgIpc) is 2.59. The number of hydrogen-bond donors (Lipinski definition) is 2. The van der Waals surface area contributed by atoms with E-state index in [1.54, 1.807) is 0 Å². The summed E-state index contributed by atoms with van der Waals surface area (Å²) in [5, 5.41) is 6.42. The lowest BCUT2D eigenvalue weighted by atomic mass is 9.95. The van der Waals surface area contributed by atoms with Gasteiger partial charge in [-0.05, 0) is 18.4 Å². The van der Waals surface area contributed by atoms with E-state index in [4.69, 9.17) is 0 Å². The van der Waals surface area contributed by atoms with E-state index in [2.05, 4.69) is 27.8 Å². The highest BCUT2D eigenvalue weighted by atomic mass is 127. The molecule has 5 nitrogen and oxygen atoms in total. The Labute approximate surface area is 168 Å². The van der Waals surface area contributed by atoms with Gasteiger partial charge in [-0.3, -0.25) is 4.79 Å². The van der Waals surface area contributed by atoms with Crippen LogP contribution in [0.25, 0.3) is 0 Å². The van der Waals surface area contributed by atoms with Crippen molar-refractivity contribution in [3.63, 3.8) is 0 Å². The molecule has 0 atom stereocenters. The van der Waals surface area contributed by atoms with Gasteiger partial charge < -0.3 is 15.5 Å². The predicted molar refractivity (Wildman–Crippen MR) is 114 cm³/mol. The molecule has 0 aliphatic heterocycles. The van der Waals surface area contributed by atoms with Crippen molar-refractivity contribution in [3.05, 3.63) is 35.9 Å². The van der Waals surface area contributed by atoms with E-state index in [0.29, 0.717) is 25.6 Å². The van der Waals surface area contributed by atoms with E-state index in [1.807, 2.05) is 37.2 Å². The van der Waals surface area contributed by atoms with Crippen LogP contribution < -0.4 is 10.6 Å². The predicted octanol–water partition coefficient (Wildman–Crippen LogP) is 3.15. The Bertz CT molecular complexity index is 527. The second kappa shape index (κ2) is 12.1. The average molecular weight is 458 g/mol. The van der Waals surface area contributed by atoms with Crippen LogP contribution in [0.2, 0.25) is 0 Å². The maximum absolute atomic E-state index is 12.0. The third kappa shape index (κ3) is 8.56. The smallest absolute Gasteiger partial charge is 0.221 e. The number of nitrogens with zero attached hydrogens (tertiary/aromatic N) is 2. The van der Waals surface area contributed by atoms with Crippen molar-refractivity contribution in [1.82, 2.24) is 15.5 Å². The van der Waals surface area contributed by atoms with E-state index >= 15 is 0 Å². The molecule has 1 aromatic rings. The largest absolute Gasteiger partial charge is 0.356 e. The highest BCUT2D eigenvalue weighted by molar-refractivity contribution is 14.0. The Morgan fingerprint density at radius 3 is 2.48 bits per heavy atom. The molecule has 1 amide bonds. The summed E-state index contributed by atoms with van der Waals surface area (Å²) >= 11 is 0. The van der Waals surface area contributed by atoms with Gasteiger partial charge in [0.1, 0.15) is 0 Å². The maximum Gasteiger partial charge on any atom is 0.221 e. The molecule has 25 heavy (non-hydrogen) atoms. The molecule has 2 N–H and O–H groups in total. The summed E-state index contributed by atoms with van der Waals surface area (Å²) in [6.07, 6.45) is 6.51. The zero-order chi connectivity index (χ0) is 17.2. The molecule has 140 valence electrons. The molecule has 1 saturated carbocycles. The fourth-order valence-corrected chi connectivity index (χ4v) is 2.94. The van der Waals surface area contributed by atoms with E-state index in [1.165, 1.54) is 24.8 Å². The second-order valence-corrected chi connectivity index (χ2v) is 6.60. The quantitative estimate of drug-likeness (QED) is 0.391. The summed E-state index contributed by atoms with van der Waals surface area (Å²) in [5.74, 6) is 0.944. The highest BCUT2D eigenvalue weighted by Gasteiger charge is 2.15. The molecule has 1 aromatic carbocycles. The molecule has 0 spiro atoms. The molecule has 6 heteroatoms. The fourth-order valence-electron chi connectivity index (χ4n) is 2.94. The number of amides is 1. The lowest BCUT2D eigenvalue weighted by molar-refractivity contribution is -0.121. The molecule has 0 unspecified atom stereocenters. The summed E-state index contributed by atoms with van der Waals surface area (Å²) in [6.45, 7) is 1.24. The van der Waals surface area contributed by atoms with Gasteiger partial charge in [0, 0.05) is 33.1 Å². The van der Waals surface area contributed by atoms with Gasteiger partial charge in [0.2, 0.25) is 5.91 Å². The van der Waals surface area contributed by atoms with Crippen LogP contribution in [0.1, 0.15) is 44.1 Å². The van der Waals surface area contributed by atoms with Crippen LogP contribution in [-0.4, -0.2) is 43.4 Å². The Kier molecular flexibility index (Phi) is 10.5. The van der Waals surface area contributed by atoms with Crippen molar-refractivity contribution in [3.8, 4) is 0 Å². The molecule has 1 aliphatic rings. The van der Waals surface area contributed by atoms with Gasteiger partial charge in [-0.15, -0.1) is 24.0 Å². The van der Waals surface area contributed by atoms with Crippen LogP contribution in [-0.2, 0) is 11.3 Å². The SMILES string of the molecule is CN(C)C(=NCc1ccccc1)NCCC(=O)NC1CCCCC1.I. The van der Waals surface area contributed by atoms with Crippen LogP contribution in [0.15, 0.2) is 35.3 Å². The first-order valence-electron chi connectivity index (χ1n) is 8.94. The second-order valence-electron chi connectivity index (χ2n) is 6.60. The van der Waals surface area contributed by atoms with Crippen LogP contribution in [0, 0.1) is 0 Å². The zero-order valence-corrected chi connectivity index (χ0v) is 17.7. The Balaban J connectivity index is 0.00000312. The number of rotatable bonds is 6. The lowest BCUT2D eigenvalue weighted by Gasteiger charge is -2.23. The standard InChI is InChI=1S/C19H30N4O.HI/c1-23(2)19(21-15-16-9-5-3-6-10-16)20-14-13-18(24)22-17-11-7-4-8-12-17;/h3,5-6,9-10,17H,4,7-8,11-15H2,1-2H3,(H,20,21)(H,22,24);1H. The van der Waals surface area contributed by atoms with Crippen molar-refractivity contribution >= 4 is 35.8 Å². The minimum absolute atomic E-state index is 0. The number of carbonyl (C=O) groups excluding carboxylic acids is 1. The van der Waals surface area contributed by atoms with Crippen LogP contribution in [0.3, 0.4) is 0 Å².